The largest absolute Gasteiger partial charge is 0.388 e. The third-order valence-electron chi connectivity index (χ3n) is 3.67. The second kappa shape index (κ2) is 6.16. The van der Waals surface area contributed by atoms with Crippen LogP contribution >= 0.6 is 0 Å². The molecule has 2 aromatic rings. The van der Waals surface area contributed by atoms with Crippen molar-refractivity contribution in [2.75, 3.05) is 0 Å². The van der Waals surface area contributed by atoms with Crippen molar-refractivity contribution in [3.63, 3.8) is 0 Å². The van der Waals surface area contributed by atoms with E-state index in [2.05, 4.69) is 13.8 Å². The first-order valence-corrected chi connectivity index (χ1v) is 6.98. The van der Waals surface area contributed by atoms with Crippen molar-refractivity contribution in [1.29, 1.82) is 0 Å². The van der Waals surface area contributed by atoms with Gasteiger partial charge in [-0.2, -0.15) is 0 Å². The van der Waals surface area contributed by atoms with E-state index in [1.165, 1.54) is 6.07 Å². The molecule has 0 saturated carbocycles. The topological polar surface area (TPSA) is 20.2 Å². The molecule has 2 aromatic carbocycles. The van der Waals surface area contributed by atoms with E-state index in [9.17, 15) is 9.50 Å². The van der Waals surface area contributed by atoms with Gasteiger partial charge in [0.2, 0.25) is 0 Å². The van der Waals surface area contributed by atoms with Crippen LogP contribution in [-0.4, -0.2) is 5.11 Å². The molecule has 1 N–H and O–H groups in total. The Bertz CT molecular complexity index is 550. The molecule has 0 bridgehead atoms. The lowest BCUT2D eigenvalue weighted by Gasteiger charge is -2.18. The van der Waals surface area contributed by atoms with Crippen LogP contribution in [-0.2, 0) is 0 Å². The van der Waals surface area contributed by atoms with E-state index >= 15 is 0 Å². The molecular weight excluding hydrogens is 239 g/mol. The minimum Gasteiger partial charge on any atom is -0.388 e. The summed E-state index contributed by atoms with van der Waals surface area (Å²) in [5, 5.41) is 11.8. The Morgan fingerprint density at radius 2 is 1.79 bits per heavy atom. The van der Waals surface area contributed by atoms with E-state index in [4.69, 9.17) is 0 Å². The Balaban J connectivity index is 2.32. The minimum absolute atomic E-state index is 0.229. The van der Waals surface area contributed by atoms with Crippen molar-refractivity contribution in [1.82, 2.24) is 0 Å². The molecule has 2 unspecified atom stereocenters. The fourth-order valence-electron chi connectivity index (χ4n) is 2.69. The molecule has 0 saturated heterocycles. The first-order valence-electron chi connectivity index (χ1n) is 6.98. The lowest BCUT2D eigenvalue weighted by atomic mass is 9.92. The van der Waals surface area contributed by atoms with Gasteiger partial charge < -0.3 is 5.11 Å². The summed E-state index contributed by atoms with van der Waals surface area (Å²) < 4.78 is 13.7. The maximum absolute atomic E-state index is 13.7. The van der Waals surface area contributed by atoms with Crippen molar-refractivity contribution in [3.05, 3.63) is 47.8 Å². The number of rotatable bonds is 5. The van der Waals surface area contributed by atoms with Crippen LogP contribution in [0.15, 0.2) is 36.4 Å². The summed E-state index contributed by atoms with van der Waals surface area (Å²) in [6.07, 6.45) is 2.43. The highest BCUT2D eigenvalue weighted by Gasteiger charge is 2.15. The maximum atomic E-state index is 13.7. The van der Waals surface area contributed by atoms with Gasteiger partial charge in [0.05, 0.1) is 6.10 Å². The van der Waals surface area contributed by atoms with Crippen molar-refractivity contribution in [3.8, 4) is 0 Å². The van der Waals surface area contributed by atoms with Gasteiger partial charge in [0.25, 0.3) is 0 Å². The van der Waals surface area contributed by atoms with Crippen molar-refractivity contribution < 1.29 is 9.50 Å². The van der Waals surface area contributed by atoms with E-state index in [-0.39, 0.29) is 5.82 Å². The molecular formula is C17H21FO. The molecule has 0 aliphatic carbocycles. The Labute approximate surface area is 114 Å². The van der Waals surface area contributed by atoms with Gasteiger partial charge in [-0.1, -0.05) is 57.0 Å². The molecule has 0 spiro atoms. The van der Waals surface area contributed by atoms with Gasteiger partial charge in [0.1, 0.15) is 5.82 Å². The second-order valence-electron chi connectivity index (χ2n) is 5.33. The normalized spacial score (nSPS) is 14.5. The zero-order valence-corrected chi connectivity index (χ0v) is 11.6. The van der Waals surface area contributed by atoms with Crippen LogP contribution in [0.3, 0.4) is 0 Å². The zero-order valence-electron chi connectivity index (χ0n) is 11.6. The van der Waals surface area contributed by atoms with E-state index < -0.39 is 6.10 Å². The van der Waals surface area contributed by atoms with Gasteiger partial charge in [0, 0.05) is 5.39 Å². The van der Waals surface area contributed by atoms with E-state index in [1.807, 2.05) is 18.2 Å². The predicted octanol–water partition coefficient (Wildman–Crippen LogP) is 4.84. The van der Waals surface area contributed by atoms with Crippen LogP contribution in [0.1, 0.15) is 44.8 Å². The fraction of sp³-hybridized carbons (Fsp3) is 0.412. The fourth-order valence-corrected chi connectivity index (χ4v) is 2.69. The maximum Gasteiger partial charge on any atom is 0.131 e. The van der Waals surface area contributed by atoms with Crippen LogP contribution in [0, 0.1) is 11.7 Å². The first kappa shape index (κ1) is 14.0. The van der Waals surface area contributed by atoms with Crippen molar-refractivity contribution in [2.24, 2.45) is 5.92 Å². The van der Waals surface area contributed by atoms with Gasteiger partial charge in [-0.05, 0) is 29.4 Å². The van der Waals surface area contributed by atoms with Crippen LogP contribution < -0.4 is 0 Å². The molecule has 2 heteroatoms. The lowest BCUT2D eigenvalue weighted by molar-refractivity contribution is 0.146. The Morgan fingerprint density at radius 1 is 1.11 bits per heavy atom. The van der Waals surface area contributed by atoms with E-state index in [1.54, 1.807) is 12.1 Å². The number of hydrogen-bond donors (Lipinski definition) is 1. The number of hydrogen-bond acceptors (Lipinski definition) is 1. The van der Waals surface area contributed by atoms with Crippen LogP contribution in [0.5, 0.6) is 0 Å². The highest BCUT2D eigenvalue weighted by molar-refractivity contribution is 5.86. The summed E-state index contributed by atoms with van der Waals surface area (Å²) in [6.45, 7) is 4.30. The zero-order chi connectivity index (χ0) is 13.8. The Hall–Kier alpha value is -1.41. The van der Waals surface area contributed by atoms with E-state index in [0.29, 0.717) is 11.3 Å². The highest BCUT2D eigenvalue weighted by Crippen LogP contribution is 2.30. The molecule has 0 heterocycles. The molecule has 2 atom stereocenters. The highest BCUT2D eigenvalue weighted by atomic mass is 19.1. The average molecular weight is 260 g/mol. The standard InChI is InChI=1S/C17H21FO/c1-3-6-12(2)11-17(19)15-9-10-16(18)14-8-5-4-7-13(14)15/h4-5,7-10,12,17,19H,3,6,11H2,1-2H3. The number of fused-ring (bicyclic) bond motifs is 1. The van der Waals surface area contributed by atoms with Crippen molar-refractivity contribution in [2.45, 2.75) is 39.2 Å². The van der Waals surface area contributed by atoms with Crippen LogP contribution in [0.25, 0.3) is 10.8 Å². The summed E-state index contributed by atoms with van der Waals surface area (Å²) in [6, 6.07) is 10.5. The third-order valence-corrected chi connectivity index (χ3v) is 3.67. The molecule has 0 amide bonds. The molecule has 2 rings (SSSR count). The summed E-state index contributed by atoms with van der Waals surface area (Å²) in [7, 11) is 0. The van der Waals surface area contributed by atoms with Gasteiger partial charge in [-0.15, -0.1) is 0 Å². The van der Waals surface area contributed by atoms with Crippen LogP contribution in [0.2, 0.25) is 0 Å². The summed E-state index contributed by atoms with van der Waals surface area (Å²) in [5.74, 6) is 0.247. The number of halogens is 1. The SMILES string of the molecule is CCCC(C)CC(O)c1ccc(F)c2ccccc12. The molecule has 102 valence electrons. The van der Waals surface area contributed by atoms with Gasteiger partial charge in [0.15, 0.2) is 0 Å². The number of benzene rings is 2. The molecule has 0 radical (unpaired) electrons. The summed E-state index contributed by atoms with van der Waals surface area (Å²) >= 11 is 0. The molecule has 0 fully saturated rings. The molecule has 19 heavy (non-hydrogen) atoms. The van der Waals surface area contributed by atoms with Gasteiger partial charge in [-0.25, -0.2) is 4.39 Å². The predicted molar refractivity (Wildman–Crippen MR) is 77.6 cm³/mol. The van der Waals surface area contributed by atoms with Gasteiger partial charge in [-0.3, -0.25) is 0 Å². The Morgan fingerprint density at radius 3 is 2.47 bits per heavy atom. The lowest BCUT2D eigenvalue weighted by Crippen LogP contribution is -2.05. The second-order valence-corrected chi connectivity index (χ2v) is 5.33. The monoisotopic (exact) mass is 260 g/mol. The van der Waals surface area contributed by atoms with Crippen molar-refractivity contribution >= 4 is 10.8 Å². The summed E-state index contributed by atoms with van der Waals surface area (Å²) in [4.78, 5) is 0. The molecule has 0 aromatic heterocycles. The average Bonchev–Trinajstić information content (AvgIpc) is 2.39. The number of aliphatic hydroxyl groups is 1. The number of aliphatic hydroxyl groups excluding tert-OH is 1. The molecule has 0 aliphatic heterocycles. The minimum atomic E-state index is -0.521. The first-order chi connectivity index (χ1) is 9.13. The Kier molecular flexibility index (Phi) is 4.54. The third kappa shape index (κ3) is 3.13. The van der Waals surface area contributed by atoms with Crippen LogP contribution in [0.4, 0.5) is 4.39 Å². The van der Waals surface area contributed by atoms with Gasteiger partial charge >= 0.3 is 0 Å². The summed E-state index contributed by atoms with van der Waals surface area (Å²) in [5.41, 5.74) is 0.833. The quantitative estimate of drug-likeness (QED) is 0.815. The molecule has 0 aliphatic rings. The molecule has 1 nitrogen and oxygen atoms in total. The van der Waals surface area contributed by atoms with E-state index in [0.717, 1.165) is 30.2 Å². The smallest absolute Gasteiger partial charge is 0.131 e.